The second kappa shape index (κ2) is 5.52. The van der Waals surface area contributed by atoms with Crippen molar-refractivity contribution in [3.05, 3.63) is 34.9 Å². The van der Waals surface area contributed by atoms with Gasteiger partial charge in [0, 0.05) is 18.2 Å². The number of halogens is 2. The van der Waals surface area contributed by atoms with Gasteiger partial charge in [0.05, 0.1) is 0 Å². The van der Waals surface area contributed by atoms with Gasteiger partial charge in [0.25, 0.3) is 0 Å². The van der Waals surface area contributed by atoms with Crippen molar-refractivity contribution >= 4 is 0 Å². The molecule has 3 heteroatoms. The summed E-state index contributed by atoms with van der Waals surface area (Å²) in [5.41, 5.74) is 1.71. The second-order valence-corrected chi connectivity index (χ2v) is 9.43. The molecule has 0 amide bonds. The third-order valence-corrected chi connectivity index (χ3v) is 7.04. The minimum Gasteiger partial charge on any atom is -0.298 e. The van der Waals surface area contributed by atoms with Crippen LogP contribution in [0.3, 0.4) is 0 Å². The van der Waals surface area contributed by atoms with Gasteiger partial charge in [-0.25, -0.2) is 8.78 Å². The minimum atomic E-state index is -0.706. The summed E-state index contributed by atoms with van der Waals surface area (Å²) in [6, 6.07) is 3.73. The molecular weight excluding hydrogens is 304 g/mol. The number of hydrogen-bond donors (Lipinski definition) is 0. The largest absolute Gasteiger partial charge is 0.298 e. The van der Waals surface area contributed by atoms with Crippen LogP contribution in [0.1, 0.15) is 63.5 Å². The maximum Gasteiger partial charge on any atom is 0.163 e. The molecule has 24 heavy (non-hydrogen) atoms. The van der Waals surface area contributed by atoms with Crippen LogP contribution in [0.5, 0.6) is 0 Å². The summed E-state index contributed by atoms with van der Waals surface area (Å²) in [6.07, 6.45) is 5.23. The lowest BCUT2D eigenvalue weighted by Gasteiger charge is -2.55. The Morgan fingerprint density at radius 2 is 1.62 bits per heavy atom. The lowest BCUT2D eigenvalue weighted by Crippen LogP contribution is -2.54. The zero-order valence-corrected chi connectivity index (χ0v) is 15.3. The third kappa shape index (κ3) is 2.34. The molecule has 2 bridgehead atoms. The van der Waals surface area contributed by atoms with Crippen molar-refractivity contribution in [3.8, 4) is 0 Å². The van der Waals surface area contributed by atoms with Crippen LogP contribution < -0.4 is 0 Å². The highest BCUT2D eigenvalue weighted by Gasteiger charge is 2.53. The zero-order valence-electron chi connectivity index (χ0n) is 15.3. The molecule has 3 fully saturated rings. The Morgan fingerprint density at radius 3 is 2.25 bits per heavy atom. The molecule has 1 nitrogen and oxygen atoms in total. The summed E-state index contributed by atoms with van der Waals surface area (Å²) in [5, 5.41) is 0. The number of fused-ring (bicyclic) bond motifs is 3. The number of rotatable bonds is 0. The van der Waals surface area contributed by atoms with Crippen molar-refractivity contribution in [1.82, 2.24) is 4.90 Å². The number of benzene rings is 1. The molecular formula is C21H29F2N. The molecule has 0 saturated heterocycles. The average Bonchev–Trinajstić information content (AvgIpc) is 2.67. The Morgan fingerprint density at radius 1 is 1.00 bits per heavy atom. The van der Waals surface area contributed by atoms with Gasteiger partial charge < -0.3 is 0 Å². The Balaban J connectivity index is 1.92. The van der Waals surface area contributed by atoms with Crippen LogP contribution in [0.2, 0.25) is 0 Å². The van der Waals surface area contributed by atoms with E-state index in [-0.39, 0.29) is 5.41 Å². The number of nitrogens with zero attached hydrogens (tertiary/aromatic N) is 1. The van der Waals surface area contributed by atoms with Crippen LogP contribution in [0.15, 0.2) is 12.1 Å². The predicted molar refractivity (Wildman–Crippen MR) is 92.7 cm³/mol. The van der Waals surface area contributed by atoms with Crippen LogP contribution in [-0.2, 0) is 6.54 Å². The normalized spacial score (nSPS) is 36.2. The molecule has 0 radical (unpaired) electrons. The van der Waals surface area contributed by atoms with Crippen molar-refractivity contribution in [3.63, 3.8) is 0 Å². The summed E-state index contributed by atoms with van der Waals surface area (Å²) in [6.45, 7) is 7.35. The monoisotopic (exact) mass is 333 g/mol. The van der Waals surface area contributed by atoms with Gasteiger partial charge in [0.2, 0.25) is 0 Å². The molecule has 1 aliphatic heterocycles. The fourth-order valence-corrected chi connectivity index (χ4v) is 6.25. The van der Waals surface area contributed by atoms with Crippen molar-refractivity contribution < 1.29 is 8.78 Å². The van der Waals surface area contributed by atoms with Crippen LogP contribution in [0.4, 0.5) is 8.78 Å². The Labute approximate surface area is 144 Å². The minimum absolute atomic E-state index is 0.0462. The van der Waals surface area contributed by atoms with Crippen molar-refractivity contribution in [2.75, 3.05) is 7.05 Å². The van der Waals surface area contributed by atoms with E-state index >= 15 is 0 Å². The molecule has 5 rings (SSSR count). The molecule has 3 aliphatic carbocycles. The van der Waals surface area contributed by atoms with E-state index in [0.29, 0.717) is 30.0 Å². The summed E-state index contributed by atoms with van der Waals surface area (Å²) in [5.74, 6) is 0.976. The van der Waals surface area contributed by atoms with Gasteiger partial charge in [-0.05, 0) is 73.4 Å². The summed E-state index contributed by atoms with van der Waals surface area (Å²) < 4.78 is 28.6. The van der Waals surface area contributed by atoms with E-state index in [2.05, 4.69) is 32.7 Å². The highest BCUT2D eigenvalue weighted by atomic mass is 19.2. The SMILES string of the molecule is CN1Cc2c(ccc(F)c2F)C(C(C)(C)C)[C@@H]2C3CCC(CC3)[C@H]21. The molecule has 0 N–H and O–H groups in total. The maximum atomic E-state index is 14.7. The van der Waals surface area contributed by atoms with Gasteiger partial charge in [0.15, 0.2) is 11.6 Å². The first kappa shape index (κ1) is 16.5. The lowest BCUT2D eigenvalue weighted by atomic mass is 9.53. The lowest BCUT2D eigenvalue weighted by molar-refractivity contribution is -0.0392. The first-order chi connectivity index (χ1) is 11.3. The van der Waals surface area contributed by atoms with Crippen LogP contribution in [0.25, 0.3) is 0 Å². The first-order valence-electron chi connectivity index (χ1n) is 9.46. The van der Waals surface area contributed by atoms with E-state index in [0.717, 1.165) is 17.4 Å². The van der Waals surface area contributed by atoms with Gasteiger partial charge >= 0.3 is 0 Å². The van der Waals surface area contributed by atoms with Crippen molar-refractivity contribution in [1.29, 1.82) is 0 Å². The van der Waals surface area contributed by atoms with E-state index in [1.807, 2.05) is 6.07 Å². The molecule has 1 aromatic carbocycles. The highest BCUT2D eigenvalue weighted by Crippen LogP contribution is 2.58. The molecule has 3 atom stereocenters. The van der Waals surface area contributed by atoms with E-state index in [9.17, 15) is 8.78 Å². The molecule has 3 saturated carbocycles. The fourth-order valence-electron chi connectivity index (χ4n) is 6.25. The Kier molecular flexibility index (Phi) is 3.80. The Bertz CT molecular complexity index is 640. The smallest absolute Gasteiger partial charge is 0.163 e. The predicted octanol–water partition coefficient (Wildman–Crippen LogP) is 5.34. The van der Waals surface area contributed by atoms with Crippen LogP contribution in [0, 0.1) is 34.8 Å². The zero-order chi connectivity index (χ0) is 17.2. The summed E-state index contributed by atoms with van der Waals surface area (Å²) >= 11 is 0. The fraction of sp³-hybridized carbons (Fsp3) is 0.714. The summed E-state index contributed by atoms with van der Waals surface area (Å²) in [4.78, 5) is 2.34. The van der Waals surface area contributed by atoms with Crippen molar-refractivity contribution in [2.24, 2.45) is 23.2 Å². The van der Waals surface area contributed by atoms with E-state index in [1.54, 1.807) is 0 Å². The van der Waals surface area contributed by atoms with Gasteiger partial charge in [-0.1, -0.05) is 26.8 Å². The first-order valence-corrected chi connectivity index (χ1v) is 9.46. The van der Waals surface area contributed by atoms with Gasteiger partial charge in [0.1, 0.15) is 0 Å². The Hall–Kier alpha value is -0.960. The highest BCUT2D eigenvalue weighted by molar-refractivity contribution is 5.37. The van der Waals surface area contributed by atoms with E-state index in [4.69, 9.17) is 0 Å². The van der Waals surface area contributed by atoms with E-state index < -0.39 is 11.6 Å². The molecule has 1 aromatic rings. The number of hydrogen-bond acceptors (Lipinski definition) is 1. The van der Waals surface area contributed by atoms with Crippen molar-refractivity contribution in [2.45, 2.75) is 65.0 Å². The molecule has 4 aliphatic rings. The quantitative estimate of drug-likeness (QED) is 0.619. The van der Waals surface area contributed by atoms with E-state index in [1.165, 1.54) is 31.7 Å². The topological polar surface area (TPSA) is 3.24 Å². The van der Waals surface area contributed by atoms with Gasteiger partial charge in [-0.3, -0.25) is 4.90 Å². The maximum absolute atomic E-state index is 14.7. The molecule has 1 heterocycles. The molecule has 0 aromatic heterocycles. The van der Waals surface area contributed by atoms with Crippen LogP contribution >= 0.6 is 0 Å². The van der Waals surface area contributed by atoms with Crippen LogP contribution in [-0.4, -0.2) is 18.0 Å². The summed E-state index contributed by atoms with van der Waals surface area (Å²) in [7, 11) is 2.12. The average molecular weight is 333 g/mol. The molecule has 132 valence electrons. The van der Waals surface area contributed by atoms with Gasteiger partial charge in [-0.15, -0.1) is 0 Å². The molecule has 0 spiro atoms. The standard InChI is InChI=1S/C21H29F2N/c1-21(2,3)18-14-9-10-16(22)19(23)15(14)11-24(4)20-13-7-5-12(6-8-13)17(18)20/h9-10,12-13,17-18,20H,5-8,11H2,1-4H3/t12?,13?,17-,18?,20+/m0/s1. The third-order valence-electron chi connectivity index (χ3n) is 7.04. The second-order valence-electron chi connectivity index (χ2n) is 9.43. The molecule has 1 unspecified atom stereocenters. The van der Waals surface area contributed by atoms with Gasteiger partial charge in [-0.2, -0.15) is 0 Å².